The van der Waals surface area contributed by atoms with Crippen molar-refractivity contribution in [1.82, 2.24) is 10.2 Å². The second-order valence-corrected chi connectivity index (χ2v) is 4.72. The molecule has 0 spiro atoms. The smallest absolute Gasteiger partial charge is 0.220 e. The van der Waals surface area contributed by atoms with Gasteiger partial charge < -0.3 is 10.2 Å². The van der Waals surface area contributed by atoms with Crippen molar-refractivity contribution >= 4 is 5.91 Å². The number of aromatic nitrogens is 1. The SMILES string of the molecule is CN(C)CCNC(=O)CCCC[n+]1ccccc1. The van der Waals surface area contributed by atoms with Crippen molar-refractivity contribution in [3.8, 4) is 0 Å². The predicted octanol–water partition coefficient (Wildman–Crippen LogP) is 0.822. The molecule has 0 aliphatic carbocycles. The number of unbranched alkanes of at least 4 members (excludes halogenated alkanes) is 1. The molecule has 0 atom stereocenters. The highest BCUT2D eigenvalue weighted by atomic mass is 16.1. The number of hydrogen-bond donors (Lipinski definition) is 1. The Bertz CT molecular complexity index is 338. The number of hydrogen-bond acceptors (Lipinski definition) is 2. The Morgan fingerprint density at radius 2 is 1.89 bits per heavy atom. The first kappa shape index (κ1) is 14.6. The van der Waals surface area contributed by atoms with E-state index in [9.17, 15) is 4.79 Å². The number of pyridine rings is 1. The van der Waals surface area contributed by atoms with Gasteiger partial charge in [-0.2, -0.15) is 0 Å². The minimum atomic E-state index is 0.162. The van der Waals surface area contributed by atoms with Crippen LogP contribution in [-0.2, 0) is 11.3 Å². The first-order chi connectivity index (χ1) is 8.68. The van der Waals surface area contributed by atoms with Gasteiger partial charge in [0.05, 0.1) is 0 Å². The van der Waals surface area contributed by atoms with E-state index in [1.165, 1.54) is 0 Å². The van der Waals surface area contributed by atoms with Crippen LogP contribution in [0, 0.1) is 0 Å². The molecule has 1 aromatic rings. The molecule has 0 radical (unpaired) electrons. The average Bonchev–Trinajstić information content (AvgIpc) is 2.35. The molecule has 0 aliphatic heterocycles. The third-order valence-corrected chi connectivity index (χ3v) is 2.73. The van der Waals surface area contributed by atoms with Crippen LogP contribution in [0.1, 0.15) is 19.3 Å². The zero-order valence-electron chi connectivity index (χ0n) is 11.4. The van der Waals surface area contributed by atoms with Gasteiger partial charge in [-0.15, -0.1) is 0 Å². The van der Waals surface area contributed by atoms with E-state index in [0.29, 0.717) is 6.42 Å². The fraction of sp³-hybridized carbons (Fsp3) is 0.571. The Hall–Kier alpha value is -1.42. The van der Waals surface area contributed by atoms with Crippen molar-refractivity contribution in [3.05, 3.63) is 30.6 Å². The molecular weight excluding hydrogens is 226 g/mol. The minimum absolute atomic E-state index is 0.162. The Kier molecular flexibility index (Phi) is 7.03. The van der Waals surface area contributed by atoms with Crippen molar-refractivity contribution in [1.29, 1.82) is 0 Å². The Morgan fingerprint density at radius 1 is 1.17 bits per heavy atom. The van der Waals surface area contributed by atoms with Crippen LogP contribution in [0.3, 0.4) is 0 Å². The first-order valence-electron chi connectivity index (χ1n) is 6.54. The lowest BCUT2D eigenvalue weighted by molar-refractivity contribution is -0.697. The quantitative estimate of drug-likeness (QED) is 0.548. The van der Waals surface area contributed by atoms with Gasteiger partial charge in [0.1, 0.15) is 6.54 Å². The average molecular weight is 250 g/mol. The molecule has 0 fully saturated rings. The molecule has 0 aromatic carbocycles. The number of nitrogens with zero attached hydrogens (tertiary/aromatic N) is 2. The van der Waals surface area contributed by atoms with E-state index in [2.05, 4.69) is 27.2 Å². The normalized spacial score (nSPS) is 10.6. The maximum atomic E-state index is 11.5. The summed E-state index contributed by atoms with van der Waals surface area (Å²) in [6, 6.07) is 6.05. The summed E-state index contributed by atoms with van der Waals surface area (Å²) >= 11 is 0. The van der Waals surface area contributed by atoms with Crippen LogP contribution in [0.5, 0.6) is 0 Å². The topological polar surface area (TPSA) is 36.2 Å². The molecule has 0 saturated heterocycles. The van der Waals surface area contributed by atoms with Gasteiger partial charge in [0.2, 0.25) is 5.91 Å². The second kappa shape index (κ2) is 8.64. The zero-order chi connectivity index (χ0) is 13.2. The van der Waals surface area contributed by atoms with Gasteiger partial charge in [0, 0.05) is 38.1 Å². The monoisotopic (exact) mass is 250 g/mol. The highest BCUT2D eigenvalue weighted by molar-refractivity contribution is 5.75. The third kappa shape index (κ3) is 7.01. The zero-order valence-corrected chi connectivity index (χ0v) is 11.4. The molecule has 18 heavy (non-hydrogen) atoms. The van der Waals surface area contributed by atoms with Crippen LogP contribution in [-0.4, -0.2) is 38.0 Å². The van der Waals surface area contributed by atoms with Crippen molar-refractivity contribution in [2.75, 3.05) is 27.2 Å². The van der Waals surface area contributed by atoms with Crippen LogP contribution in [0.2, 0.25) is 0 Å². The molecule has 4 nitrogen and oxygen atoms in total. The number of rotatable bonds is 8. The molecule has 1 heterocycles. The summed E-state index contributed by atoms with van der Waals surface area (Å²) in [7, 11) is 4.01. The lowest BCUT2D eigenvalue weighted by Gasteiger charge is -2.10. The van der Waals surface area contributed by atoms with E-state index in [1.54, 1.807) is 0 Å². The van der Waals surface area contributed by atoms with Crippen molar-refractivity contribution < 1.29 is 9.36 Å². The number of nitrogens with one attached hydrogen (secondary N) is 1. The Balaban J connectivity index is 2.02. The maximum Gasteiger partial charge on any atom is 0.220 e. The lowest BCUT2D eigenvalue weighted by Crippen LogP contribution is -2.33. The summed E-state index contributed by atoms with van der Waals surface area (Å²) in [5.41, 5.74) is 0. The van der Waals surface area contributed by atoms with Gasteiger partial charge in [-0.05, 0) is 20.5 Å². The molecule has 4 heteroatoms. The van der Waals surface area contributed by atoms with Gasteiger partial charge in [0.15, 0.2) is 12.4 Å². The minimum Gasteiger partial charge on any atom is -0.355 e. The summed E-state index contributed by atoms with van der Waals surface area (Å²) in [6.07, 6.45) is 6.71. The van der Waals surface area contributed by atoms with Gasteiger partial charge in [0.25, 0.3) is 0 Å². The highest BCUT2D eigenvalue weighted by Gasteiger charge is 2.02. The molecular formula is C14H24N3O+. The second-order valence-electron chi connectivity index (χ2n) is 4.72. The number of likely N-dealkylation sites (N-methyl/N-ethyl adjacent to an activating group) is 1. The van der Waals surface area contributed by atoms with Crippen molar-refractivity contribution in [2.24, 2.45) is 0 Å². The lowest BCUT2D eigenvalue weighted by atomic mass is 10.2. The van der Waals surface area contributed by atoms with E-state index in [4.69, 9.17) is 0 Å². The molecule has 0 bridgehead atoms. The highest BCUT2D eigenvalue weighted by Crippen LogP contribution is 1.95. The van der Waals surface area contributed by atoms with E-state index >= 15 is 0 Å². The van der Waals surface area contributed by atoms with Gasteiger partial charge in [-0.25, -0.2) is 4.57 Å². The maximum absolute atomic E-state index is 11.5. The number of carbonyl (C=O) groups is 1. The van der Waals surface area contributed by atoms with Gasteiger partial charge in [-0.3, -0.25) is 4.79 Å². The fourth-order valence-corrected chi connectivity index (χ4v) is 1.67. The number of carbonyl (C=O) groups excluding carboxylic acids is 1. The van der Waals surface area contributed by atoms with Crippen LogP contribution >= 0.6 is 0 Å². The molecule has 0 unspecified atom stereocenters. The first-order valence-corrected chi connectivity index (χ1v) is 6.54. The van der Waals surface area contributed by atoms with Crippen LogP contribution in [0.25, 0.3) is 0 Å². The summed E-state index contributed by atoms with van der Waals surface area (Å²) in [6.45, 7) is 2.61. The predicted molar refractivity (Wildman–Crippen MR) is 72.1 cm³/mol. The summed E-state index contributed by atoms with van der Waals surface area (Å²) in [4.78, 5) is 13.6. The van der Waals surface area contributed by atoms with Gasteiger partial charge in [-0.1, -0.05) is 6.07 Å². The molecule has 100 valence electrons. The molecule has 1 rings (SSSR count). The summed E-state index contributed by atoms with van der Waals surface area (Å²) in [5, 5.41) is 2.93. The fourth-order valence-electron chi connectivity index (χ4n) is 1.67. The molecule has 0 aliphatic rings. The van der Waals surface area contributed by atoms with Crippen LogP contribution < -0.4 is 9.88 Å². The third-order valence-electron chi connectivity index (χ3n) is 2.73. The molecule has 1 aromatic heterocycles. The molecule has 1 N–H and O–H groups in total. The van der Waals surface area contributed by atoms with Gasteiger partial charge >= 0.3 is 0 Å². The molecule has 0 saturated carbocycles. The molecule has 1 amide bonds. The van der Waals surface area contributed by atoms with E-state index in [-0.39, 0.29) is 5.91 Å². The summed E-state index contributed by atoms with van der Waals surface area (Å²) < 4.78 is 2.14. The summed E-state index contributed by atoms with van der Waals surface area (Å²) in [5.74, 6) is 0.162. The largest absolute Gasteiger partial charge is 0.355 e. The van der Waals surface area contributed by atoms with Crippen LogP contribution in [0.4, 0.5) is 0 Å². The van der Waals surface area contributed by atoms with E-state index in [0.717, 1.165) is 32.5 Å². The Morgan fingerprint density at radius 3 is 2.56 bits per heavy atom. The van der Waals surface area contributed by atoms with Crippen LogP contribution in [0.15, 0.2) is 30.6 Å². The Labute approximate surface area is 110 Å². The number of amides is 1. The van der Waals surface area contributed by atoms with E-state index in [1.807, 2.05) is 32.3 Å². The van der Waals surface area contributed by atoms with E-state index < -0.39 is 0 Å². The standard InChI is InChI=1S/C14H23N3O/c1-16(2)13-9-15-14(18)8-4-7-12-17-10-5-3-6-11-17/h3,5-6,10-11H,4,7-9,12-13H2,1-2H3/p+1. The van der Waals surface area contributed by atoms with Crippen molar-refractivity contribution in [2.45, 2.75) is 25.8 Å². The number of aryl methyl sites for hydroxylation is 1. The van der Waals surface area contributed by atoms with Crippen molar-refractivity contribution in [3.63, 3.8) is 0 Å².